The third-order valence-electron chi connectivity index (χ3n) is 5.40. The van der Waals surface area contributed by atoms with Crippen molar-refractivity contribution in [3.8, 4) is 0 Å². The van der Waals surface area contributed by atoms with Crippen LogP contribution in [0.5, 0.6) is 0 Å². The first-order chi connectivity index (χ1) is 15.9. The minimum absolute atomic E-state index is 0.0480. The SMILES string of the molecule is CCOC(=O)c1sc(N2C(=O)c3oc4ccc(F)cc4c(=O)c3C2c2ccccc2)nc1C. The third-order valence-corrected chi connectivity index (χ3v) is 6.54. The number of hydrogen-bond donors (Lipinski definition) is 0. The van der Waals surface area contributed by atoms with Crippen molar-refractivity contribution in [3.63, 3.8) is 0 Å². The van der Waals surface area contributed by atoms with Crippen molar-refractivity contribution < 1.29 is 23.1 Å². The number of carbonyl (C=O) groups excluding carboxylic acids is 2. The Bertz CT molecular complexity index is 1480. The molecular formula is C24H17FN2O5S. The van der Waals surface area contributed by atoms with Crippen molar-refractivity contribution in [1.29, 1.82) is 0 Å². The molecule has 0 radical (unpaired) electrons. The molecule has 3 heterocycles. The molecule has 0 spiro atoms. The number of ether oxygens (including phenoxy) is 1. The van der Waals surface area contributed by atoms with Gasteiger partial charge >= 0.3 is 5.97 Å². The Hall–Kier alpha value is -3.85. The summed E-state index contributed by atoms with van der Waals surface area (Å²) in [6, 6.07) is 11.7. The van der Waals surface area contributed by atoms with E-state index in [1.165, 1.54) is 17.0 Å². The number of thiazole rings is 1. The number of rotatable bonds is 4. The fourth-order valence-electron chi connectivity index (χ4n) is 3.96. The number of aryl methyl sites for hydroxylation is 1. The Labute approximate surface area is 191 Å². The van der Waals surface area contributed by atoms with Gasteiger partial charge in [0.25, 0.3) is 5.91 Å². The van der Waals surface area contributed by atoms with E-state index in [2.05, 4.69) is 4.98 Å². The molecule has 1 aliphatic rings. The van der Waals surface area contributed by atoms with Crippen molar-refractivity contribution in [2.45, 2.75) is 19.9 Å². The molecular weight excluding hydrogens is 447 g/mol. The van der Waals surface area contributed by atoms with E-state index >= 15 is 0 Å². The van der Waals surface area contributed by atoms with Gasteiger partial charge in [-0.3, -0.25) is 14.5 Å². The molecule has 0 saturated carbocycles. The number of fused-ring (bicyclic) bond motifs is 2. The quantitative estimate of drug-likeness (QED) is 0.409. The topological polar surface area (TPSA) is 89.7 Å². The van der Waals surface area contributed by atoms with E-state index in [-0.39, 0.29) is 38.9 Å². The second kappa shape index (κ2) is 7.93. The first-order valence-corrected chi connectivity index (χ1v) is 11.0. The molecule has 33 heavy (non-hydrogen) atoms. The summed E-state index contributed by atoms with van der Waals surface area (Å²) in [6.07, 6.45) is 0. The molecule has 5 rings (SSSR count). The molecule has 1 aliphatic heterocycles. The van der Waals surface area contributed by atoms with Gasteiger partial charge in [0.05, 0.1) is 29.3 Å². The van der Waals surface area contributed by atoms with Crippen LogP contribution in [0.3, 0.4) is 0 Å². The number of nitrogens with zero attached hydrogens (tertiary/aromatic N) is 2. The summed E-state index contributed by atoms with van der Waals surface area (Å²) < 4.78 is 24.8. The molecule has 1 amide bonds. The number of halogens is 1. The maximum absolute atomic E-state index is 13.9. The molecule has 7 nitrogen and oxygen atoms in total. The number of benzene rings is 2. The zero-order valence-corrected chi connectivity index (χ0v) is 18.4. The lowest BCUT2D eigenvalue weighted by molar-refractivity contribution is 0.0531. The Morgan fingerprint density at radius 1 is 1.21 bits per heavy atom. The van der Waals surface area contributed by atoms with Gasteiger partial charge in [0.1, 0.15) is 16.3 Å². The Morgan fingerprint density at radius 3 is 2.70 bits per heavy atom. The van der Waals surface area contributed by atoms with Gasteiger partial charge in [0, 0.05) is 0 Å². The highest BCUT2D eigenvalue weighted by Crippen LogP contribution is 2.43. The van der Waals surface area contributed by atoms with Crippen LogP contribution in [0.1, 0.15) is 50.0 Å². The van der Waals surface area contributed by atoms with E-state index in [0.717, 1.165) is 17.4 Å². The van der Waals surface area contributed by atoms with E-state index in [1.54, 1.807) is 38.1 Å². The first kappa shape index (κ1) is 21.0. The van der Waals surface area contributed by atoms with Crippen LogP contribution in [0.2, 0.25) is 0 Å². The highest BCUT2D eigenvalue weighted by molar-refractivity contribution is 7.17. The van der Waals surface area contributed by atoms with Gasteiger partial charge in [0.2, 0.25) is 5.76 Å². The summed E-state index contributed by atoms with van der Waals surface area (Å²) in [7, 11) is 0. The molecule has 2 aromatic carbocycles. The predicted molar refractivity (Wildman–Crippen MR) is 120 cm³/mol. The second-order valence-corrected chi connectivity index (χ2v) is 8.41. The van der Waals surface area contributed by atoms with Crippen LogP contribution < -0.4 is 10.3 Å². The molecule has 0 bridgehead atoms. The summed E-state index contributed by atoms with van der Waals surface area (Å²) in [5, 5.41) is 0.280. The average molecular weight is 464 g/mol. The van der Waals surface area contributed by atoms with E-state index in [4.69, 9.17) is 9.15 Å². The Kier molecular flexibility index (Phi) is 5.05. The highest BCUT2D eigenvalue weighted by atomic mass is 32.1. The fourth-order valence-corrected chi connectivity index (χ4v) is 4.95. The summed E-state index contributed by atoms with van der Waals surface area (Å²) in [5.41, 5.74) is 0.794. The monoisotopic (exact) mass is 464 g/mol. The number of esters is 1. The van der Waals surface area contributed by atoms with Gasteiger partial charge in [-0.15, -0.1) is 0 Å². The van der Waals surface area contributed by atoms with Crippen LogP contribution in [-0.2, 0) is 4.74 Å². The third kappa shape index (κ3) is 3.32. The molecule has 1 unspecified atom stereocenters. The summed E-state index contributed by atoms with van der Waals surface area (Å²) in [4.78, 5) is 45.4. The molecule has 0 aliphatic carbocycles. The second-order valence-electron chi connectivity index (χ2n) is 7.43. The van der Waals surface area contributed by atoms with Crippen LogP contribution in [0.15, 0.2) is 57.7 Å². The molecule has 0 N–H and O–H groups in total. The molecule has 4 aromatic rings. The van der Waals surface area contributed by atoms with Gasteiger partial charge in [-0.05, 0) is 37.6 Å². The largest absolute Gasteiger partial charge is 0.462 e. The summed E-state index contributed by atoms with van der Waals surface area (Å²) in [5.74, 6) is -1.80. The van der Waals surface area contributed by atoms with Gasteiger partial charge in [-0.25, -0.2) is 14.2 Å². The van der Waals surface area contributed by atoms with Gasteiger partial charge in [-0.2, -0.15) is 0 Å². The Balaban J connectivity index is 1.75. The predicted octanol–water partition coefficient (Wildman–Crippen LogP) is 4.62. The lowest BCUT2D eigenvalue weighted by atomic mass is 9.99. The number of amides is 1. The molecule has 1 atom stereocenters. The lowest BCUT2D eigenvalue weighted by Crippen LogP contribution is -2.29. The van der Waals surface area contributed by atoms with E-state index in [0.29, 0.717) is 11.3 Å². The minimum Gasteiger partial charge on any atom is -0.462 e. The first-order valence-electron chi connectivity index (χ1n) is 10.2. The number of hydrogen-bond acceptors (Lipinski definition) is 7. The molecule has 9 heteroatoms. The highest BCUT2D eigenvalue weighted by Gasteiger charge is 2.45. The summed E-state index contributed by atoms with van der Waals surface area (Å²) in [6.45, 7) is 3.55. The van der Waals surface area contributed by atoms with Crippen molar-refractivity contribution in [1.82, 2.24) is 4.98 Å². The van der Waals surface area contributed by atoms with E-state index in [9.17, 15) is 18.8 Å². The number of carbonyl (C=O) groups is 2. The van der Waals surface area contributed by atoms with Crippen molar-refractivity contribution in [2.24, 2.45) is 0 Å². The lowest BCUT2D eigenvalue weighted by Gasteiger charge is -2.22. The molecule has 0 saturated heterocycles. The van der Waals surface area contributed by atoms with Crippen molar-refractivity contribution in [3.05, 3.63) is 92.0 Å². The normalized spacial score (nSPS) is 15.2. The molecule has 2 aromatic heterocycles. The summed E-state index contributed by atoms with van der Waals surface area (Å²) >= 11 is 1.01. The molecule has 0 fully saturated rings. The van der Waals surface area contributed by atoms with E-state index < -0.39 is 29.2 Å². The van der Waals surface area contributed by atoms with Crippen molar-refractivity contribution >= 4 is 39.3 Å². The standard InChI is InChI=1S/C24H17FN2O5S/c1-3-31-23(30)21-12(2)26-24(33-21)27-18(13-7-5-4-6-8-13)17-19(28)15-11-14(25)9-10-16(15)32-20(17)22(27)29/h4-11,18H,3H2,1-2H3. The van der Waals surface area contributed by atoms with Crippen LogP contribution >= 0.6 is 11.3 Å². The van der Waals surface area contributed by atoms with Crippen LogP contribution in [0.4, 0.5) is 9.52 Å². The zero-order chi connectivity index (χ0) is 23.3. The number of aromatic nitrogens is 1. The van der Waals surface area contributed by atoms with Crippen LogP contribution in [0.25, 0.3) is 11.0 Å². The van der Waals surface area contributed by atoms with Gasteiger partial charge in [-0.1, -0.05) is 41.7 Å². The molecule has 166 valence electrons. The fraction of sp³-hybridized carbons (Fsp3) is 0.167. The zero-order valence-electron chi connectivity index (χ0n) is 17.6. The van der Waals surface area contributed by atoms with Crippen molar-refractivity contribution in [2.75, 3.05) is 11.5 Å². The number of anilines is 1. The smallest absolute Gasteiger partial charge is 0.350 e. The van der Waals surface area contributed by atoms with Crippen LogP contribution in [-0.4, -0.2) is 23.5 Å². The van der Waals surface area contributed by atoms with Gasteiger partial charge < -0.3 is 9.15 Å². The maximum Gasteiger partial charge on any atom is 0.350 e. The van der Waals surface area contributed by atoms with E-state index in [1.807, 2.05) is 6.07 Å². The minimum atomic E-state index is -0.849. The average Bonchev–Trinajstić information content (AvgIpc) is 3.33. The van der Waals surface area contributed by atoms with Crippen LogP contribution in [0, 0.1) is 12.7 Å². The van der Waals surface area contributed by atoms with Gasteiger partial charge in [0.15, 0.2) is 10.6 Å². The maximum atomic E-state index is 13.9. The Morgan fingerprint density at radius 2 is 1.97 bits per heavy atom.